The minimum absolute atomic E-state index is 0.326. The summed E-state index contributed by atoms with van der Waals surface area (Å²) >= 11 is 4.18. The SMILES string of the molecule is CCOC(=O)c1ccccc1OCCCCCCS. The van der Waals surface area contributed by atoms with Crippen molar-refractivity contribution in [3.8, 4) is 5.75 Å². The molecule has 1 aromatic carbocycles. The summed E-state index contributed by atoms with van der Waals surface area (Å²) < 4.78 is 10.7. The van der Waals surface area contributed by atoms with Crippen LogP contribution in [0.5, 0.6) is 5.75 Å². The Bertz CT molecular complexity index is 379. The lowest BCUT2D eigenvalue weighted by Crippen LogP contribution is -2.08. The molecule has 0 unspecified atom stereocenters. The zero-order chi connectivity index (χ0) is 13.9. The molecule has 106 valence electrons. The van der Waals surface area contributed by atoms with Crippen LogP contribution in [0.1, 0.15) is 43.0 Å². The predicted molar refractivity (Wildman–Crippen MR) is 80.2 cm³/mol. The summed E-state index contributed by atoms with van der Waals surface area (Å²) in [6, 6.07) is 7.21. The average molecular weight is 282 g/mol. The van der Waals surface area contributed by atoms with Crippen LogP contribution in [0.2, 0.25) is 0 Å². The molecule has 0 spiro atoms. The number of rotatable bonds is 9. The van der Waals surface area contributed by atoms with E-state index >= 15 is 0 Å². The Morgan fingerprint density at radius 1 is 1.16 bits per heavy atom. The number of carbonyl (C=O) groups excluding carboxylic acids is 1. The van der Waals surface area contributed by atoms with Crippen molar-refractivity contribution in [3.63, 3.8) is 0 Å². The molecular weight excluding hydrogens is 260 g/mol. The van der Waals surface area contributed by atoms with E-state index in [9.17, 15) is 4.79 Å². The van der Waals surface area contributed by atoms with Crippen LogP contribution in [-0.2, 0) is 4.74 Å². The van der Waals surface area contributed by atoms with E-state index in [-0.39, 0.29) is 5.97 Å². The summed E-state index contributed by atoms with van der Waals surface area (Å²) in [6.45, 7) is 2.79. The van der Waals surface area contributed by atoms with E-state index in [0.717, 1.165) is 25.0 Å². The van der Waals surface area contributed by atoms with Gasteiger partial charge in [0, 0.05) is 0 Å². The maximum atomic E-state index is 11.7. The van der Waals surface area contributed by atoms with Crippen LogP contribution in [0.3, 0.4) is 0 Å². The minimum Gasteiger partial charge on any atom is -0.493 e. The van der Waals surface area contributed by atoms with Gasteiger partial charge in [-0.2, -0.15) is 12.6 Å². The van der Waals surface area contributed by atoms with Crippen molar-refractivity contribution in [2.24, 2.45) is 0 Å². The van der Waals surface area contributed by atoms with E-state index in [4.69, 9.17) is 9.47 Å². The predicted octanol–water partition coefficient (Wildman–Crippen LogP) is 3.73. The van der Waals surface area contributed by atoms with Crippen molar-refractivity contribution in [1.82, 2.24) is 0 Å². The van der Waals surface area contributed by atoms with Crippen LogP contribution in [0.4, 0.5) is 0 Å². The lowest BCUT2D eigenvalue weighted by Gasteiger charge is -2.10. The van der Waals surface area contributed by atoms with Crippen LogP contribution in [0.25, 0.3) is 0 Å². The molecule has 0 radical (unpaired) electrons. The number of carbonyl (C=O) groups is 1. The molecule has 0 bridgehead atoms. The number of unbranched alkanes of at least 4 members (excludes halogenated alkanes) is 3. The zero-order valence-corrected chi connectivity index (χ0v) is 12.3. The van der Waals surface area contributed by atoms with Crippen molar-refractivity contribution in [2.75, 3.05) is 19.0 Å². The van der Waals surface area contributed by atoms with Gasteiger partial charge in [-0.15, -0.1) is 0 Å². The summed E-state index contributed by atoms with van der Waals surface area (Å²) in [5.41, 5.74) is 0.500. The average Bonchev–Trinajstić information content (AvgIpc) is 2.43. The van der Waals surface area contributed by atoms with Crippen LogP contribution in [0.15, 0.2) is 24.3 Å². The third-order valence-corrected chi connectivity index (χ3v) is 3.01. The molecule has 0 heterocycles. The standard InChI is InChI=1S/C15H22O3S/c1-2-17-15(16)13-9-5-6-10-14(13)18-11-7-3-4-8-12-19/h5-6,9-10,19H,2-4,7-8,11-12H2,1H3. The molecule has 0 saturated carbocycles. The Kier molecular flexibility index (Phi) is 8.14. The monoisotopic (exact) mass is 282 g/mol. The number of esters is 1. The first-order chi connectivity index (χ1) is 9.29. The molecule has 19 heavy (non-hydrogen) atoms. The van der Waals surface area contributed by atoms with E-state index in [1.807, 2.05) is 12.1 Å². The molecule has 0 saturated heterocycles. The van der Waals surface area contributed by atoms with Gasteiger partial charge in [-0.1, -0.05) is 25.0 Å². The highest BCUT2D eigenvalue weighted by molar-refractivity contribution is 7.80. The van der Waals surface area contributed by atoms with E-state index in [1.54, 1.807) is 19.1 Å². The second-order valence-corrected chi connectivity index (χ2v) is 4.65. The fourth-order valence-corrected chi connectivity index (χ4v) is 1.94. The maximum Gasteiger partial charge on any atom is 0.341 e. The molecule has 0 N–H and O–H groups in total. The lowest BCUT2D eigenvalue weighted by molar-refractivity contribution is 0.0521. The maximum absolute atomic E-state index is 11.7. The minimum atomic E-state index is -0.326. The molecule has 0 fully saturated rings. The normalized spacial score (nSPS) is 10.2. The van der Waals surface area contributed by atoms with Gasteiger partial charge in [0.15, 0.2) is 0 Å². The first kappa shape index (κ1) is 15.9. The van der Waals surface area contributed by atoms with Gasteiger partial charge in [0.05, 0.1) is 13.2 Å². The van der Waals surface area contributed by atoms with Crippen molar-refractivity contribution < 1.29 is 14.3 Å². The second-order valence-electron chi connectivity index (χ2n) is 4.20. The highest BCUT2D eigenvalue weighted by Crippen LogP contribution is 2.19. The molecule has 0 aliphatic rings. The number of hydrogen-bond donors (Lipinski definition) is 1. The highest BCUT2D eigenvalue weighted by atomic mass is 32.1. The van der Waals surface area contributed by atoms with Gasteiger partial charge < -0.3 is 9.47 Å². The molecule has 4 heteroatoms. The first-order valence-electron chi connectivity index (χ1n) is 6.79. The van der Waals surface area contributed by atoms with Gasteiger partial charge in [0.1, 0.15) is 11.3 Å². The van der Waals surface area contributed by atoms with Crippen molar-refractivity contribution in [1.29, 1.82) is 0 Å². The summed E-state index contributed by atoms with van der Waals surface area (Å²) in [4.78, 5) is 11.7. The fourth-order valence-electron chi connectivity index (χ4n) is 1.72. The topological polar surface area (TPSA) is 35.5 Å². The molecule has 0 amide bonds. The Hall–Kier alpha value is -1.16. The summed E-state index contributed by atoms with van der Waals surface area (Å²) in [5, 5.41) is 0. The van der Waals surface area contributed by atoms with Crippen LogP contribution in [-0.4, -0.2) is 24.9 Å². The van der Waals surface area contributed by atoms with Gasteiger partial charge in [-0.3, -0.25) is 0 Å². The Morgan fingerprint density at radius 2 is 1.89 bits per heavy atom. The second kappa shape index (κ2) is 9.73. The van der Waals surface area contributed by atoms with Crippen LogP contribution >= 0.6 is 12.6 Å². The number of ether oxygens (including phenoxy) is 2. The summed E-state index contributed by atoms with van der Waals surface area (Å²) in [5.74, 6) is 1.22. The number of thiol groups is 1. The molecule has 0 atom stereocenters. The highest BCUT2D eigenvalue weighted by Gasteiger charge is 2.12. The van der Waals surface area contributed by atoms with Crippen molar-refractivity contribution >= 4 is 18.6 Å². The number of benzene rings is 1. The van der Waals surface area contributed by atoms with Gasteiger partial charge in [0.2, 0.25) is 0 Å². The molecule has 1 rings (SSSR count). The quantitative estimate of drug-likeness (QED) is 0.426. The fraction of sp³-hybridized carbons (Fsp3) is 0.533. The smallest absolute Gasteiger partial charge is 0.341 e. The first-order valence-corrected chi connectivity index (χ1v) is 7.42. The van der Waals surface area contributed by atoms with Gasteiger partial charge >= 0.3 is 5.97 Å². The molecular formula is C15H22O3S. The molecule has 1 aromatic rings. The molecule has 0 aliphatic carbocycles. The third kappa shape index (κ3) is 6.01. The van der Waals surface area contributed by atoms with Crippen molar-refractivity contribution in [3.05, 3.63) is 29.8 Å². The largest absolute Gasteiger partial charge is 0.493 e. The van der Waals surface area contributed by atoms with Gasteiger partial charge in [-0.25, -0.2) is 4.79 Å². The Labute approximate surface area is 120 Å². The molecule has 0 aromatic heterocycles. The molecule has 0 aliphatic heterocycles. The zero-order valence-electron chi connectivity index (χ0n) is 11.4. The van der Waals surface area contributed by atoms with Crippen LogP contribution < -0.4 is 4.74 Å². The Morgan fingerprint density at radius 3 is 2.63 bits per heavy atom. The summed E-state index contributed by atoms with van der Waals surface area (Å²) in [7, 11) is 0. The summed E-state index contributed by atoms with van der Waals surface area (Å²) in [6.07, 6.45) is 4.43. The van der Waals surface area contributed by atoms with E-state index < -0.39 is 0 Å². The number of hydrogen-bond acceptors (Lipinski definition) is 4. The van der Waals surface area contributed by atoms with Crippen molar-refractivity contribution in [2.45, 2.75) is 32.6 Å². The lowest BCUT2D eigenvalue weighted by atomic mass is 10.2. The van der Waals surface area contributed by atoms with Gasteiger partial charge in [-0.05, 0) is 37.7 Å². The van der Waals surface area contributed by atoms with Crippen LogP contribution in [0, 0.1) is 0 Å². The van der Waals surface area contributed by atoms with E-state index in [1.165, 1.54) is 6.42 Å². The Balaban J connectivity index is 2.42. The van der Waals surface area contributed by atoms with E-state index in [0.29, 0.717) is 24.5 Å². The third-order valence-electron chi connectivity index (χ3n) is 2.69. The number of para-hydroxylation sites is 1. The van der Waals surface area contributed by atoms with E-state index in [2.05, 4.69) is 12.6 Å². The molecule has 3 nitrogen and oxygen atoms in total. The van der Waals surface area contributed by atoms with Gasteiger partial charge in [0.25, 0.3) is 0 Å².